The van der Waals surface area contributed by atoms with Gasteiger partial charge in [-0.1, -0.05) is 50.7 Å². The Balaban J connectivity index is 1.81. The molecule has 2 N–H and O–H groups in total. The van der Waals surface area contributed by atoms with Crippen molar-refractivity contribution < 1.29 is 29.3 Å². The van der Waals surface area contributed by atoms with Gasteiger partial charge in [0.2, 0.25) is 5.91 Å². The first-order chi connectivity index (χ1) is 15.4. The largest absolute Gasteiger partial charge is 0.507 e. The van der Waals surface area contributed by atoms with Gasteiger partial charge in [0, 0.05) is 12.8 Å². The van der Waals surface area contributed by atoms with Gasteiger partial charge in [-0.15, -0.1) is 11.8 Å². The van der Waals surface area contributed by atoms with Crippen molar-refractivity contribution in [2.75, 3.05) is 5.75 Å². The summed E-state index contributed by atoms with van der Waals surface area (Å²) in [5.74, 6) is -0.550. The van der Waals surface area contributed by atoms with Crippen LogP contribution >= 0.6 is 11.8 Å². The number of aliphatic carboxylic acids is 1. The summed E-state index contributed by atoms with van der Waals surface area (Å²) in [5.41, 5.74) is 1.27. The predicted octanol–water partition coefficient (Wildman–Crippen LogP) is 5.14. The van der Waals surface area contributed by atoms with E-state index in [4.69, 9.17) is 20.2 Å². The lowest BCUT2D eigenvalue weighted by atomic mass is 10.1. The highest BCUT2D eigenvalue weighted by Crippen LogP contribution is 2.42. The van der Waals surface area contributed by atoms with Crippen LogP contribution in [0.15, 0.2) is 24.3 Å². The van der Waals surface area contributed by atoms with E-state index in [1.54, 1.807) is 18.2 Å². The number of amides is 1. The van der Waals surface area contributed by atoms with Gasteiger partial charge in [-0.25, -0.2) is 4.79 Å². The minimum Gasteiger partial charge on any atom is -0.481 e. The number of hydrogen-bond donors (Lipinski definition) is 2. The summed E-state index contributed by atoms with van der Waals surface area (Å²) >= 11 is 1.43. The summed E-state index contributed by atoms with van der Waals surface area (Å²) in [6.07, 6.45) is 5.68. The first-order valence-electron chi connectivity index (χ1n) is 11.0. The Hall–Kier alpha value is -2.73. The number of thioether (sulfide) groups is 1. The van der Waals surface area contributed by atoms with Gasteiger partial charge >= 0.3 is 12.1 Å². The molecule has 1 aromatic rings. The molecule has 8 nitrogen and oxygen atoms in total. The second-order valence-electron chi connectivity index (χ2n) is 7.78. The maximum atomic E-state index is 13.0. The van der Waals surface area contributed by atoms with Crippen molar-refractivity contribution in [1.29, 1.82) is 5.26 Å². The van der Waals surface area contributed by atoms with Gasteiger partial charge < -0.3 is 14.9 Å². The standard InChI is InChI=1S/C23H30N2O6S/c24-15-17-10-9-11-18(14-17)22-25(20(16-32-22)31-23(29)30)19(26)12-7-5-3-1-2-4-6-8-13-21(27)28/h9-11,14,20,22H,1-8,12-13,16H2,(H,27,28)(H,29,30)/t20-,22?/m1/s1. The monoisotopic (exact) mass is 462 g/mol. The Morgan fingerprint density at radius 2 is 1.66 bits per heavy atom. The molecule has 2 rings (SSSR count). The first-order valence-corrected chi connectivity index (χ1v) is 12.0. The van der Waals surface area contributed by atoms with Gasteiger partial charge in [0.05, 0.1) is 17.4 Å². The predicted molar refractivity (Wildman–Crippen MR) is 120 cm³/mol. The number of carboxylic acid groups (broad SMARTS) is 2. The molecule has 0 aliphatic carbocycles. The Kier molecular flexibility index (Phi) is 10.9. The van der Waals surface area contributed by atoms with Crippen LogP contribution < -0.4 is 0 Å². The lowest BCUT2D eigenvalue weighted by Crippen LogP contribution is -2.40. The van der Waals surface area contributed by atoms with Crippen LogP contribution in [0.4, 0.5) is 4.79 Å². The number of rotatable bonds is 13. The van der Waals surface area contributed by atoms with Gasteiger partial charge in [-0.2, -0.15) is 5.26 Å². The molecule has 2 atom stereocenters. The topological polar surface area (TPSA) is 128 Å². The molecule has 1 aliphatic rings. The Morgan fingerprint density at radius 1 is 1.03 bits per heavy atom. The summed E-state index contributed by atoms with van der Waals surface area (Å²) in [6, 6.07) is 9.08. The fourth-order valence-corrected chi connectivity index (χ4v) is 5.07. The number of carboxylic acids is 1. The van der Waals surface area contributed by atoms with E-state index >= 15 is 0 Å². The van der Waals surface area contributed by atoms with Crippen molar-refractivity contribution in [1.82, 2.24) is 4.90 Å². The van der Waals surface area contributed by atoms with Gasteiger partial charge in [-0.05, 0) is 30.5 Å². The number of ether oxygens (including phenoxy) is 1. The van der Waals surface area contributed by atoms with E-state index in [1.807, 2.05) is 6.07 Å². The normalized spacial score (nSPS) is 17.7. The molecule has 0 spiro atoms. The van der Waals surface area contributed by atoms with Crippen LogP contribution in [0.2, 0.25) is 0 Å². The molecular weight excluding hydrogens is 432 g/mol. The third-order valence-corrected chi connectivity index (χ3v) is 6.61. The Labute approximate surface area is 192 Å². The zero-order valence-electron chi connectivity index (χ0n) is 18.1. The van der Waals surface area contributed by atoms with E-state index in [0.717, 1.165) is 50.5 Å². The van der Waals surface area contributed by atoms with E-state index in [0.29, 0.717) is 24.2 Å². The van der Waals surface area contributed by atoms with Gasteiger partial charge in [0.15, 0.2) is 6.23 Å². The van der Waals surface area contributed by atoms with Gasteiger partial charge in [0.25, 0.3) is 0 Å². The zero-order chi connectivity index (χ0) is 23.3. The molecule has 1 aliphatic heterocycles. The number of hydrogen-bond acceptors (Lipinski definition) is 6. The fourth-order valence-electron chi connectivity index (χ4n) is 3.74. The van der Waals surface area contributed by atoms with Crippen molar-refractivity contribution in [3.63, 3.8) is 0 Å². The average Bonchev–Trinajstić information content (AvgIpc) is 3.17. The number of carbonyl (C=O) groups excluding carboxylic acids is 1. The number of carbonyl (C=O) groups is 3. The molecule has 32 heavy (non-hydrogen) atoms. The Bertz CT molecular complexity index is 825. The van der Waals surface area contributed by atoms with Crippen LogP contribution in [0.25, 0.3) is 0 Å². The van der Waals surface area contributed by atoms with Crippen LogP contribution in [0.3, 0.4) is 0 Å². The van der Waals surface area contributed by atoms with E-state index in [1.165, 1.54) is 16.7 Å². The summed E-state index contributed by atoms with van der Waals surface area (Å²) in [6.45, 7) is 0. The Morgan fingerprint density at radius 3 is 2.25 bits per heavy atom. The molecule has 0 saturated carbocycles. The minimum atomic E-state index is -1.41. The molecule has 0 aromatic heterocycles. The summed E-state index contributed by atoms with van der Waals surface area (Å²) in [7, 11) is 0. The second kappa shape index (κ2) is 13.6. The van der Waals surface area contributed by atoms with Crippen LogP contribution in [0.5, 0.6) is 0 Å². The van der Waals surface area contributed by atoms with Gasteiger partial charge in [-0.3, -0.25) is 14.5 Å². The molecule has 174 valence electrons. The summed E-state index contributed by atoms with van der Waals surface area (Å²) in [5, 5.41) is 26.4. The van der Waals surface area contributed by atoms with Crippen LogP contribution in [-0.2, 0) is 14.3 Å². The van der Waals surface area contributed by atoms with E-state index in [2.05, 4.69) is 6.07 Å². The SMILES string of the molecule is N#Cc1cccc(C2SC[C@@H](OC(=O)O)N2C(=O)CCCCCCCCCCC(=O)O)c1. The molecule has 0 radical (unpaired) electrons. The average molecular weight is 463 g/mol. The fraction of sp³-hybridized carbons (Fsp3) is 0.565. The highest BCUT2D eigenvalue weighted by atomic mass is 32.2. The summed E-state index contributed by atoms with van der Waals surface area (Å²) < 4.78 is 4.96. The lowest BCUT2D eigenvalue weighted by Gasteiger charge is -2.28. The number of unbranched alkanes of at least 4 members (excludes halogenated alkanes) is 7. The van der Waals surface area contributed by atoms with Crippen molar-refractivity contribution in [3.05, 3.63) is 35.4 Å². The molecule has 1 unspecified atom stereocenters. The van der Waals surface area contributed by atoms with Crippen LogP contribution in [0.1, 0.15) is 80.7 Å². The van der Waals surface area contributed by atoms with Crippen LogP contribution in [-0.4, -0.2) is 45.1 Å². The molecule has 1 aromatic carbocycles. The van der Waals surface area contributed by atoms with Crippen molar-refractivity contribution >= 4 is 29.8 Å². The van der Waals surface area contributed by atoms with Gasteiger partial charge in [0.1, 0.15) is 5.37 Å². The van der Waals surface area contributed by atoms with E-state index < -0.39 is 18.4 Å². The maximum Gasteiger partial charge on any atom is 0.507 e. The third kappa shape index (κ3) is 8.42. The number of nitriles is 1. The molecule has 1 heterocycles. The lowest BCUT2D eigenvalue weighted by molar-refractivity contribution is -0.141. The third-order valence-electron chi connectivity index (χ3n) is 5.32. The molecule has 1 amide bonds. The smallest absolute Gasteiger partial charge is 0.481 e. The van der Waals surface area contributed by atoms with Crippen molar-refractivity contribution in [2.24, 2.45) is 0 Å². The van der Waals surface area contributed by atoms with E-state index in [-0.39, 0.29) is 17.7 Å². The molecule has 9 heteroatoms. The van der Waals surface area contributed by atoms with E-state index in [9.17, 15) is 14.4 Å². The molecule has 1 saturated heterocycles. The summed E-state index contributed by atoms with van der Waals surface area (Å²) in [4.78, 5) is 36.0. The molecular formula is C23H30N2O6S. The molecule has 0 bridgehead atoms. The van der Waals surface area contributed by atoms with Crippen molar-refractivity contribution in [3.8, 4) is 6.07 Å². The van der Waals surface area contributed by atoms with Crippen molar-refractivity contribution in [2.45, 2.75) is 75.8 Å². The minimum absolute atomic E-state index is 0.151. The number of benzene rings is 1. The quantitative estimate of drug-likeness (QED) is 0.305. The second-order valence-corrected chi connectivity index (χ2v) is 8.90. The molecule has 1 fully saturated rings. The zero-order valence-corrected chi connectivity index (χ0v) is 18.9. The number of nitrogens with zero attached hydrogens (tertiary/aromatic N) is 2. The maximum absolute atomic E-state index is 13.0. The first kappa shape index (κ1) is 25.5. The highest BCUT2D eigenvalue weighted by Gasteiger charge is 2.40. The van der Waals surface area contributed by atoms with Crippen LogP contribution in [0, 0.1) is 11.3 Å². The highest BCUT2D eigenvalue weighted by molar-refractivity contribution is 7.99.